The van der Waals surface area contributed by atoms with Gasteiger partial charge >= 0.3 is 5.97 Å². The third-order valence-electron chi connectivity index (χ3n) is 3.80. The summed E-state index contributed by atoms with van der Waals surface area (Å²) >= 11 is 0. The number of carbonyl (C=O) groups excluding carboxylic acids is 2. The van der Waals surface area contributed by atoms with Crippen LogP contribution in [0.4, 0.5) is 5.69 Å². The molecule has 0 fully saturated rings. The van der Waals surface area contributed by atoms with Crippen molar-refractivity contribution in [2.45, 2.75) is 19.8 Å². The van der Waals surface area contributed by atoms with Crippen molar-refractivity contribution in [1.29, 1.82) is 0 Å². The normalized spacial score (nSPS) is 12.1. The molecule has 0 saturated carbocycles. The Bertz CT molecular complexity index is 783. The Hall–Kier alpha value is -3.02. The molecule has 1 N–H and O–H groups in total. The fourth-order valence-corrected chi connectivity index (χ4v) is 2.39. The van der Waals surface area contributed by atoms with E-state index in [4.69, 9.17) is 14.2 Å². The fourth-order valence-electron chi connectivity index (χ4n) is 2.39. The summed E-state index contributed by atoms with van der Waals surface area (Å²) in [5, 5.41) is 2.65. The molecule has 0 radical (unpaired) electrons. The third-order valence-corrected chi connectivity index (χ3v) is 3.80. The molecular formula is C19H19NO5. The van der Waals surface area contributed by atoms with Crippen molar-refractivity contribution >= 4 is 17.6 Å². The summed E-state index contributed by atoms with van der Waals surface area (Å²) in [6, 6.07) is 12.2. The molecule has 0 unspecified atom stereocenters. The number of esters is 1. The molecule has 130 valence electrons. The number of fused-ring (bicyclic) bond motifs is 1. The first-order valence-electron chi connectivity index (χ1n) is 7.99. The molecular weight excluding hydrogens is 322 g/mol. The summed E-state index contributed by atoms with van der Waals surface area (Å²) in [7, 11) is 0. The van der Waals surface area contributed by atoms with E-state index in [1.54, 1.807) is 30.3 Å². The highest BCUT2D eigenvalue weighted by molar-refractivity contribution is 5.95. The zero-order valence-electron chi connectivity index (χ0n) is 14.1. The van der Waals surface area contributed by atoms with Gasteiger partial charge in [0.25, 0.3) is 5.91 Å². The smallest absolute Gasteiger partial charge is 0.338 e. The van der Waals surface area contributed by atoms with E-state index < -0.39 is 11.9 Å². The quantitative estimate of drug-likeness (QED) is 0.845. The van der Waals surface area contributed by atoms with Gasteiger partial charge in [-0.1, -0.05) is 26.0 Å². The van der Waals surface area contributed by atoms with Crippen LogP contribution in [-0.2, 0) is 9.53 Å². The van der Waals surface area contributed by atoms with Crippen molar-refractivity contribution < 1.29 is 23.8 Å². The number of amides is 1. The molecule has 1 amide bonds. The molecule has 1 heterocycles. The van der Waals surface area contributed by atoms with Crippen molar-refractivity contribution in [3.05, 3.63) is 53.6 Å². The van der Waals surface area contributed by atoms with E-state index in [1.807, 2.05) is 12.1 Å². The first-order chi connectivity index (χ1) is 12.0. The fraction of sp³-hybridized carbons (Fsp3) is 0.263. The molecule has 3 rings (SSSR count). The number of ether oxygens (including phenoxy) is 3. The highest BCUT2D eigenvalue weighted by atomic mass is 16.7. The minimum atomic E-state index is -0.531. The van der Waals surface area contributed by atoms with Gasteiger partial charge in [0.1, 0.15) is 0 Å². The van der Waals surface area contributed by atoms with Crippen LogP contribution in [0.5, 0.6) is 11.5 Å². The second kappa shape index (κ2) is 7.25. The lowest BCUT2D eigenvalue weighted by Crippen LogP contribution is -2.20. The molecule has 0 spiro atoms. The molecule has 2 aromatic rings. The zero-order chi connectivity index (χ0) is 17.8. The van der Waals surface area contributed by atoms with Gasteiger partial charge in [-0.3, -0.25) is 4.79 Å². The Balaban J connectivity index is 1.52. The van der Waals surface area contributed by atoms with Crippen LogP contribution in [0.3, 0.4) is 0 Å². The van der Waals surface area contributed by atoms with Crippen molar-refractivity contribution in [2.24, 2.45) is 0 Å². The molecule has 0 saturated heterocycles. The van der Waals surface area contributed by atoms with Gasteiger partial charge in [0, 0.05) is 11.8 Å². The minimum Gasteiger partial charge on any atom is -0.454 e. The maximum Gasteiger partial charge on any atom is 0.338 e. The van der Waals surface area contributed by atoms with Crippen LogP contribution in [-0.4, -0.2) is 25.3 Å². The van der Waals surface area contributed by atoms with Crippen molar-refractivity contribution in [1.82, 2.24) is 0 Å². The standard InChI is InChI=1S/C19H19NO5/c1-12(2)13-3-5-14(6-4-13)19(22)23-10-18(21)20-15-7-8-16-17(9-15)25-11-24-16/h3-9,12H,10-11H2,1-2H3,(H,20,21). The minimum absolute atomic E-state index is 0.167. The average Bonchev–Trinajstić information content (AvgIpc) is 3.07. The third kappa shape index (κ3) is 4.09. The van der Waals surface area contributed by atoms with Crippen LogP contribution >= 0.6 is 0 Å². The Morgan fingerprint density at radius 3 is 2.52 bits per heavy atom. The summed E-state index contributed by atoms with van der Waals surface area (Å²) in [6.07, 6.45) is 0. The van der Waals surface area contributed by atoms with Crippen LogP contribution in [0, 0.1) is 0 Å². The summed E-state index contributed by atoms with van der Waals surface area (Å²) in [5.41, 5.74) is 2.10. The Morgan fingerprint density at radius 1 is 1.08 bits per heavy atom. The van der Waals surface area contributed by atoms with Gasteiger partial charge < -0.3 is 19.5 Å². The molecule has 1 aliphatic heterocycles. The molecule has 6 nitrogen and oxygen atoms in total. The SMILES string of the molecule is CC(C)c1ccc(C(=O)OCC(=O)Nc2ccc3c(c2)OCO3)cc1. The number of hydrogen-bond acceptors (Lipinski definition) is 5. The van der Waals surface area contributed by atoms with Crippen molar-refractivity contribution in [3.8, 4) is 11.5 Å². The summed E-state index contributed by atoms with van der Waals surface area (Å²) in [4.78, 5) is 23.9. The van der Waals surface area contributed by atoms with Gasteiger partial charge in [-0.2, -0.15) is 0 Å². The van der Waals surface area contributed by atoms with Gasteiger partial charge in [0.05, 0.1) is 5.56 Å². The Kier molecular flexibility index (Phi) is 4.88. The highest BCUT2D eigenvalue weighted by Crippen LogP contribution is 2.34. The summed E-state index contributed by atoms with van der Waals surface area (Å²) in [6.45, 7) is 3.96. The number of anilines is 1. The summed E-state index contributed by atoms with van der Waals surface area (Å²) in [5.74, 6) is 0.633. The van der Waals surface area contributed by atoms with Crippen LogP contribution in [0.25, 0.3) is 0 Å². The molecule has 0 atom stereocenters. The predicted octanol–water partition coefficient (Wildman–Crippen LogP) is 3.33. The first kappa shape index (κ1) is 16.8. The number of rotatable bonds is 5. The van der Waals surface area contributed by atoms with Gasteiger partial charge in [-0.15, -0.1) is 0 Å². The highest BCUT2D eigenvalue weighted by Gasteiger charge is 2.15. The maximum absolute atomic E-state index is 12.0. The number of carbonyl (C=O) groups is 2. The maximum atomic E-state index is 12.0. The van der Waals surface area contributed by atoms with Crippen molar-refractivity contribution in [3.63, 3.8) is 0 Å². The lowest BCUT2D eigenvalue weighted by atomic mass is 10.0. The van der Waals surface area contributed by atoms with E-state index in [0.29, 0.717) is 28.7 Å². The molecule has 0 aromatic heterocycles. The lowest BCUT2D eigenvalue weighted by molar-refractivity contribution is -0.119. The Morgan fingerprint density at radius 2 is 1.80 bits per heavy atom. The second-order valence-corrected chi connectivity index (χ2v) is 5.97. The van der Waals surface area contributed by atoms with Crippen LogP contribution < -0.4 is 14.8 Å². The van der Waals surface area contributed by atoms with E-state index in [0.717, 1.165) is 5.56 Å². The topological polar surface area (TPSA) is 73.9 Å². The number of hydrogen-bond donors (Lipinski definition) is 1. The lowest BCUT2D eigenvalue weighted by Gasteiger charge is -2.08. The largest absolute Gasteiger partial charge is 0.454 e. The van der Waals surface area contributed by atoms with E-state index in [-0.39, 0.29) is 13.4 Å². The number of benzene rings is 2. The molecule has 0 aliphatic carbocycles. The van der Waals surface area contributed by atoms with Crippen LogP contribution in [0.15, 0.2) is 42.5 Å². The van der Waals surface area contributed by atoms with Crippen LogP contribution in [0.1, 0.15) is 35.7 Å². The van der Waals surface area contributed by atoms with Gasteiger partial charge in [0.15, 0.2) is 18.1 Å². The van der Waals surface area contributed by atoms with Crippen molar-refractivity contribution in [2.75, 3.05) is 18.7 Å². The molecule has 1 aliphatic rings. The predicted molar refractivity (Wildman–Crippen MR) is 92.0 cm³/mol. The monoisotopic (exact) mass is 341 g/mol. The second-order valence-electron chi connectivity index (χ2n) is 5.97. The van der Waals surface area contributed by atoms with E-state index in [1.165, 1.54) is 0 Å². The van der Waals surface area contributed by atoms with Gasteiger partial charge in [-0.05, 0) is 35.7 Å². The molecule has 0 bridgehead atoms. The Labute approximate surface area is 145 Å². The van der Waals surface area contributed by atoms with Crippen LogP contribution in [0.2, 0.25) is 0 Å². The van der Waals surface area contributed by atoms with E-state index >= 15 is 0 Å². The first-order valence-corrected chi connectivity index (χ1v) is 7.99. The van der Waals surface area contributed by atoms with E-state index in [2.05, 4.69) is 19.2 Å². The summed E-state index contributed by atoms with van der Waals surface area (Å²) < 4.78 is 15.5. The van der Waals surface area contributed by atoms with Gasteiger partial charge in [0.2, 0.25) is 6.79 Å². The molecule has 6 heteroatoms. The molecule has 25 heavy (non-hydrogen) atoms. The number of nitrogens with one attached hydrogen (secondary N) is 1. The van der Waals surface area contributed by atoms with Gasteiger partial charge in [-0.25, -0.2) is 4.79 Å². The zero-order valence-corrected chi connectivity index (χ0v) is 14.1. The average molecular weight is 341 g/mol. The van der Waals surface area contributed by atoms with E-state index in [9.17, 15) is 9.59 Å². The molecule has 2 aromatic carbocycles.